The molecule has 1 saturated heterocycles. The number of halogens is 1. The Labute approximate surface area is 167 Å². The van der Waals surface area contributed by atoms with Gasteiger partial charge in [0.15, 0.2) is 0 Å². The number of nitrogens with one attached hydrogen (secondary N) is 1. The lowest BCUT2D eigenvalue weighted by molar-refractivity contribution is -0.127. The maximum atomic E-state index is 13.4. The SMILES string of the molecule is CN1C(=O)Cc2cc(S(=O)(=O)N3CCNC(=O)C3c3ccccc3Cl)ccc21. The van der Waals surface area contributed by atoms with Gasteiger partial charge in [-0.25, -0.2) is 8.42 Å². The molecule has 2 aromatic rings. The van der Waals surface area contributed by atoms with Gasteiger partial charge in [-0.05, 0) is 35.4 Å². The standard InChI is InChI=1S/C19H18ClN3O4S/c1-22-16-7-6-13(10-12(16)11-17(22)24)28(26,27)23-9-8-21-19(25)18(23)14-4-2-3-5-15(14)20/h2-7,10,18H,8-9,11H2,1H3,(H,21,25). The quantitative estimate of drug-likeness (QED) is 0.820. The normalized spacial score (nSPS) is 20.2. The number of fused-ring (bicyclic) bond motifs is 1. The number of nitrogens with zero attached hydrogens (tertiary/aromatic N) is 2. The zero-order chi connectivity index (χ0) is 20.1. The van der Waals surface area contributed by atoms with Crippen molar-refractivity contribution in [2.75, 3.05) is 25.0 Å². The topological polar surface area (TPSA) is 86.8 Å². The minimum Gasteiger partial charge on any atom is -0.353 e. The summed E-state index contributed by atoms with van der Waals surface area (Å²) in [5, 5.41) is 3.03. The third-order valence-electron chi connectivity index (χ3n) is 5.10. The number of piperazine rings is 1. The highest BCUT2D eigenvalue weighted by atomic mass is 35.5. The first-order chi connectivity index (χ1) is 13.3. The van der Waals surface area contributed by atoms with Gasteiger partial charge >= 0.3 is 0 Å². The number of amides is 2. The van der Waals surface area contributed by atoms with E-state index in [1.165, 1.54) is 21.3 Å². The van der Waals surface area contributed by atoms with E-state index in [-0.39, 0.29) is 30.3 Å². The Morgan fingerprint density at radius 3 is 2.64 bits per heavy atom. The molecular weight excluding hydrogens is 402 g/mol. The molecule has 4 rings (SSSR count). The van der Waals surface area contributed by atoms with E-state index in [1.54, 1.807) is 37.4 Å². The van der Waals surface area contributed by atoms with Gasteiger partial charge in [-0.3, -0.25) is 9.59 Å². The van der Waals surface area contributed by atoms with Crippen LogP contribution in [0.3, 0.4) is 0 Å². The Morgan fingerprint density at radius 1 is 1.14 bits per heavy atom. The molecule has 2 amide bonds. The number of anilines is 1. The number of rotatable bonds is 3. The highest BCUT2D eigenvalue weighted by Crippen LogP contribution is 2.35. The minimum absolute atomic E-state index is 0.0566. The Hall–Kier alpha value is -2.42. The monoisotopic (exact) mass is 419 g/mol. The van der Waals surface area contributed by atoms with E-state index in [0.29, 0.717) is 21.8 Å². The van der Waals surface area contributed by atoms with Crippen LogP contribution in [-0.4, -0.2) is 44.7 Å². The summed E-state index contributed by atoms with van der Waals surface area (Å²) in [5.41, 5.74) is 1.79. The summed E-state index contributed by atoms with van der Waals surface area (Å²) < 4.78 is 28.0. The summed E-state index contributed by atoms with van der Waals surface area (Å²) >= 11 is 6.25. The van der Waals surface area contributed by atoms with Gasteiger partial charge in [-0.15, -0.1) is 0 Å². The Kier molecular flexibility index (Phi) is 4.65. The summed E-state index contributed by atoms with van der Waals surface area (Å²) in [7, 11) is -2.32. The number of hydrogen-bond acceptors (Lipinski definition) is 4. The molecule has 2 aliphatic rings. The summed E-state index contributed by atoms with van der Waals surface area (Å²) in [4.78, 5) is 26.1. The number of sulfonamides is 1. The number of carbonyl (C=O) groups excluding carboxylic acids is 2. The van der Waals surface area contributed by atoms with E-state index in [9.17, 15) is 18.0 Å². The number of carbonyl (C=O) groups is 2. The van der Waals surface area contributed by atoms with Crippen LogP contribution >= 0.6 is 11.6 Å². The molecule has 28 heavy (non-hydrogen) atoms. The highest BCUT2D eigenvalue weighted by Gasteiger charge is 2.41. The van der Waals surface area contributed by atoms with Crippen molar-refractivity contribution in [3.63, 3.8) is 0 Å². The molecular formula is C19H18ClN3O4S. The van der Waals surface area contributed by atoms with E-state index in [2.05, 4.69) is 5.32 Å². The van der Waals surface area contributed by atoms with Crippen molar-refractivity contribution in [1.82, 2.24) is 9.62 Å². The van der Waals surface area contributed by atoms with E-state index in [1.807, 2.05) is 0 Å². The van der Waals surface area contributed by atoms with Gasteiger partial charge in [0.05, 0.1) is 11.3 Å². The first-order valence-electron chi connectivity index (χ1n) is 8.74. The molecule has 0 saturated carbocycles. The van der Waals surface area contributed by atoms with Crippen LogP contribution in [0.4, 0.5) is 5.69 Å². The van der Waals surface area contributed by atoms with Crippen LogP contribution in [0.1, 0.15) is 17.2 Å². The molecule has 0 bridgehead atoms. The molecule has 0 spiro atoms. The second-order valence-corrected chi connectivity index (χ2v) is 9.05. The smallest absolute Gasteiger partial charge is 0.244 e. The predicted molar refractivity (Wildman–Crippen MR) is 105 cm³/mol. The van der Waals surface area contributed by atoms with Crippen LogP contribution in [-0.2, 0) is 26.0 Å². The lowest BCUT2D eigenvalue weighted by Crippen LogP contribution is -2.52. The molecule has 1 fully saturated rings. The van der Waals surface area contributed by atoms with Crippen LogP contribution in [0.2, 0.25) is 5.02 Å². The van der Waals surface area contributed by atoms with Gasteiger partial charge in [0.25, 0.3) is 0 Å². The molecule has 0 aliphatic carbocycles. The average Bonchev–Trinajstić information content (AvgIpc) is 2.96. The fourth-order valence-electron chi connectivity index (χ4n) is 3.64. The van der Waals surface area contributed by atoms with E-state index in [4.69, 9.17) is 11.6 Å². The zero-order valence-corrected chi connectivity index (χ0v) is 16.6. The molecule has 7 nitrogen and oxygen atoms in total. The van der Waals surface area contributed by atoms with Gasteiger partial charge in [0.1, 0.15) is 6.04 Å². The second-order valence-electron chi connectivity index (χ2n) is 6.75. The van der Waals surface area contributed by atoms with Crippen molar-refractivity contribution in [2.45, 2.75) is 17.4 Å². The molecule has 2 heterocycles. The van der Waals surface area contributed by atoms with Gasteiger partial charge in [0, 0.05) is 30.8 Å². The third kappa shape index (κ3) is 2.97. The van der Waals surface area contributed by atoms with Gasteiger partial charge in [0.2, 0.25) is 21.8 Å². The van der Waals surface area contributed by atoms with Crippen molar-refractivity contribution in [3.05, 3.63) is 58.6 Å². The Morgan fingerprint density at radius 2 is 1.89 bits per heavy atom. The minimum atomic E-state index is -3.98. The fourth-order valence-corrected chi connectivity index (χ4v) is 5.50. The summed E-state index contributed by atoms with van der Waals surface area (Å²) in [5.74, 6) is -0.505. The van der Waals surface area contributed by atoms with E-state index in [0.717, 1.165) is 0 Å². The van der Waals surface area contributed by atoms with Crippen LogP contribution in [0.25, 0.3) is 0 Å². The molecule has 0 aromatic heterocycles. The summed E-state index contributed by atoms with van der Waals surface area (Å²) in [6, 6.07) is 10.3. The molecule has 1 N–H and O–H groups in total. The number of benzene rings is 2. The number of likely N-dealkylation sites (N-methyl/N-ethyl adjacent to an activating group) is 1. The van der Waals surface area contributed by atoms with Crippen molar-refractivity contribution < 1.29 is 18.0 Å². The molecule has 1 atom stereocenters. The van der Waals surface area contributed by atoms with Crippen LogP contribution < -0.4 is 10.2 Å². The van der Waals surface area contributed by atoms with E-state index >= 15 is 0 Å². The van der Waals surface area contributed by atoms with E-state index < -0.39 is 22.0 Å². The predicted octanol–water partition coefficient (Wildman–Crippen LogP) is 1.72. The van der Waals surface area contributed by atoms with Crippen molar-refractivity contribution in [1.29, 1.82) is 0 Å². The first kappa shape index (κ1) is 18.9. The molecule has 1 unspecified atom stereocenters. The lowest BCUT2D eigenvalue weighted by atomic mass is 10.0. The second kappa shape index (κ2) is 6.88. The molecule has 0 radical (unpaired) electrons. The highest BCUT2D eigenvalue weighted by molar-refractivity contribution is 7.89. The third-order valence-corrected chi connectivity index (χ3v) is 7.31. The molecule has 146 valence electrons. The fraction of sp³-hybridized carbons (Fsp3) is 0.263. The van der Waals surface area contributed by atoms with Crippen LogP contribution in [0, 0.1) is 0 Å². The first-order valence-corrected chi connectivity index (χ1v) is 10.6. The van der Waals surface area contributed by atoms with Gasteiger partial charge in [-0.2, -0.15) is 4.31 Å². The lowest BCUT2D eigenvalue weighted by Gasteiger charge is -2.34. The van der Waals surface area contributed by atoms with Crippen LogP contribution in [0.5, 0.6) is 0 Å². The Balaban J connectivity index is 1.78. The van der Waals surface area contributed by atoms with Crippen molar-refractivity contribution in [3.8, 4) is 0 Å². The van der Waals surface area contributed by atoms with Gasteiger partial charge < -0.3 is 10.2 Å². The van der Waals surface area contributed by atoms with Gasteiger partial charge in [-0.1, -0.05) is 29.8 Å². The van der Waals surface area contributed by atoms with Crippen molar-refractivity contribution in [2.24, 2.45) is 0 Å². The average molecular weight is 420 g/mol. The Bertz CT molecular complexity index is 1090. The summed E-state index contributed by atoms with van der Waals surface area (Å²) in [6.45, 7) is 0.338. The largest absolute Gasteiger partial charge is 0.353 e. The maximum Gasteiger partial charge on any atom is 0.244 e. The number of hydrogen-bond donors (Lipinski definition) is 1. The summed E-state index contributed by atoms with van der Waals surface area (Å²) in [6.07, 6.45) is 0.156. The van der Waals surface area contributed by atoms with Crippen molar-refractivity contribution >= 4 is 39.1 Å². The molecule has 2 aromatic carbocycles. The maximum absolute atomic E-state index is 13.4. The molecule has 9 heteroatoms. The van der Waals surface area contributed by atoms with Crippen LogP contribution in [0.15, 0.2) is 47.4 Å². The molecule has 2 aliphatic heterocycles. The zero-order valence-electron chi connectivity index (χ0n) is 15.1.